The lowest BCUT2D eigenvalue weighted by Gasteiger charge is -2.36. The predicted octanol–water partition coefficient (Wildman–Crippen LogP) is 2.58. The Balaban J connectivity index is 1.16. The van der Waals surface area contributed by atoms with Crippen molar-refractivity contribution in [1.82, 2.24) is 24.3 Å². The van der Waals surface area contributed by atoms with Gasteiger partial charge in [0, 0.05) is 64.2 Å². The topological polar surface area (TPSA) is 62.7 Å². The molecular weight excluding hydrogens is 482 g/mol. The van der Waals surface area contributed by atoms with Crippen molar-refractivity contribution in [3.63, 3.8) is 0 Å². The van der Waals surface area contributed by atoms with E-state index in [0.29, 0.717) is 12.5 Å². The van der Waals surface area contributed by atoms with Gasteiger partial charge >= 0.3 is 0 Å². The van der Waals surface area contributed by atoms with Crippen LogP contribution in [0.15, 0.2) is 30.5 Å². The average molecular weight is 526 g/mol. The van der Waals surface area contributed by atoms with Crippen LogP contribution in [0.5, 0.6) is 11.5 Å². The van der Waals surface area contributed by atoms with Gasteiger partial charge < -0.3 is 33.6 Å². The molecule has 2 fully saturated rings. The molecule has 1 aromatic carbocycles. The van der Waals surface area contributed by atoms with Gasteiger partial charge in [0.25, 0.3) is 0 Å². The van der Waals surface area contributed by atoms with Crippen LogP contribution in [0.1, 0.15) is 29.3 Å². The maximum Gasteiger partial charge on any atom is 0.248 e. The number of ether oxygens (including phenoxy) is 2. The van der Waals surface area contributed by atoms with Gasteiger partial charge in [0.15, 0.2) is 5.75 Å². The number of amides is 1. The maximum atomic E-state index is 13.0. The lowest BCUT2D eigenvalue weighted by atomic mass is 10.1. The molecule has 0 N–H and O–H groups in total. The fraction of sp³-hybridized carbons (Fsp3) is 0.621. The molecule has 2 atom stereocenters. The number of methoxy groups -OCH3 is 1. The van der Waals surface area contributed by atoms with E-state index in [4.69, 9.17) is 14.3 Å². The molecule has 1 amide bonds. The minimum absolute atomic E-state index is 0.0892. The summed E-state index contributed by atoms with van der Waals surface area (Å²) in [6, 6.07) is 8.06. The van der Waals surface area contributed by atoms with Crippen LogP contribution in [-0.2, 0) is 16.1 Å². The van der Waals surface area contributed by atoms with Crippen LogP contribution < -0.4 is 9.57 Å². The number of hydrogen-bond acceptors (Lipinski definition) is 7. The third-order valence-electron chi connectivity index (χ3n) is 8.25. The summed E-state index contributed by atoms with van der Waals surface area (Å²) in [4.78, 5) is 26.4. The first-order valence-electron chi connectivity index (χ1n) is 13.9. The molecule has 0 radical (unpaired) electrons. The highest BCUT2D eigenvalue weighted by Gasteiger charge is 2.32. The van der Waals surface area contributed by atoms with Crippen molar-refractivity contribution in [1.29, 1.82) is 0 Å². The number of fused-ring (bicyclic) bond motifs is 1. The number of aryl methyl sites for hydroxylation is 2. The number of aromatic nitrogens is 1. The number of hydroxylamine groups is 2. The smallest absolute Gasteiger partial charge is 0.248 e. The van der Waals surface area contributed by atoms with E-state index in [1.54, 1.807) is 7.11 Å². The van der Waals surface area contributed by atoms with Crippen LogP contribution >= 0.6 is 0 Å². The molecule has 208 valence electrons. The van der Waals surface area contributed by atoms with Gasteiger partial charge in [-0.2, -0.15) is 0 Å². The molecule has 1 aromatic heterocycles. The molecule has 4 heterocycles. The molecule has 9 nitrogen and oxygen atoms in total. The average Bonchev–Trinajstić information content (AvgIpc) is 3.58. The fourth-order valence-corrected chi connectivity index (χ4v) is 5.96. The molecular formula is C29H43N5O4. The number of likely N-dealkylation sites (tertiary alicyclic amines) is 1. The van der Waals surface area contributed by atoms with E-state index in [-0.39, 0.29) is 18.6 Å². The largest absolute Gasteiger partial charge is 0.497 e. The Labute approximate surface area is 226 Å². The van der Waals surface area contributed by atoms with Crippen LogP contribution in [0, 0.1) is 19.8 Å². The Morgan fingerprint density at radius 1 is 1.03 bits per heavy atom. The van der Waals surface area contributed by atoms with Crippen molar-refractivity contribution in [2.75, 3.05) is 79.7 Å². The Hall–Kier alpha value is -2.59. The molecule has 2 unspecified atom stereocenters. The summed E-state index contributed by atoms with van der Waals surface area (Å²) in [6.07, 6.45) is 3.18. The van der Waals surface area contributed by atoms with E-state index in [2.05, 4.69) is 39.7 Å². The van der Waals surface area contributed by atoms with Crippen LogP contribution in [0.3, 0.4) is 0 Å². The van der Waals surface area contributed by atoms with E-state index in [1.165, 1.54) is 0 Å². The summed E-state index contributed by atoms with van der Waals surface area (Å²) in [6.45, 7) is 13.4. The molecule has 0 spiro atoms. The van der Waals surface area contributed by atoms with Crippen LogP contribution in [0.25, 0.3) is 0 Å². The van der Waals surface area contributed by atoms with Crippen molar-refractivity contribution in [3.8, 4) is 11.5 Å². The zero-order valence-corrected chi connectivity index (χ0v) is 23.4. The van der Waals surface area contributed by atoms with E-state index >= 15 is 0 Å². The number of carbonyl (C=O) groups excluding carboxylic acids is 1. The number of benzene rings is 1. The summed E-state index contributed by atoms with van der Waals surface area (Å²) in [5.41, 5.74) is 3.19. The SMILES string of the molecule is COc1cc(C)c(ON2CCn3cccc3C2COCC(=O)N2CCC(CN3CCN(C)CC3)C2)c(C)c1. The zero-order valence-electron chi connectivity index (χ0n) is 23.4. The van der Waals surface area contributed by atoms with Crippen LogP contribution in [-0.4, -0.2) is 110 Å². The first kappa shape index (κ1) is 27.0. The second-order valence-corrected chi connectivity index (χ2v) is 11.1. The predicted molar refractivity (Wildman–Crippen MR) is 146 cm³/mol. The van der Waals surface area contributed by atoms with Crippen molar-refractivity contribution >= 4 is 5.91 Å². The molecule has 0 saturated carbocycles. The van der Waals surface area contributed by atoms with Crippen LogP contribution in [0.2, 0.25) is 0 Å². The molecule has 0 bridgehead atoms. The van der Waals surface area contributed by atoms with E-state index < -0.39 is 0 Å². The summed E-state index contributed by atoms with van der Waals surface area (Å²) in [5, 5.41) is 2.00. The van der Waals surface area contributed by atoms with Gasteiger partial charge in [0.1, 0.15) is 18.4 Å². The molecule has 9 heteroatoms. The monoisotopic (exact) mass is 525 g/mol. The molecule has 3 aliphatic heterocycles. The third kappa shape index (κ3) is 6.17. The first-order valence-corrected chi connectivity index (χ1v) is 13.9. The minimum Gasteiger partial charge on any atom is -0.497 e. The summed E-state index contributed by atoms with van der Waals surface area (Å²) in [5.74, 6) is 2.32. The van der Waals surface area contributed by atoms with Gasteiger partial charge in [0.05, 0.1) is 20.3 Å². The van der Waals surface area contributed by atoms with Crippen molar-refractivity contribution in [3.05, 3.63) is 47.3 Å². The molecule has 5 rings (SSSR count). The van der Waals surface area contributed by atoms with Gasteiger partial charge in [-0.1, -0.05) is 0 Å². The number of likely N-dealkylation sites (N-methyl/N-ethyl adjacent to an activating group) is 1. The van der Waals surface area contributed by atoms with Crippen LogP contribution in [0.4, 0.5) is 0 Å². The maximum absolute atomic E-state index is 13.0. The van der Waals surface area contributed by atoms with E-state index in [1.807, 2.05) is 35.9 Å². The third-order valence-corrected chi connectivity index (χ3v) is 8.25. The van der Waals surface area contributed by atoms with Gasteiger partial charge in [0.2, 0.25) is 5.91 Å². The number of carbonyl (C=O) groups is 1. The van der Waals surface area contributed by atoms with Gasteiger partial charge in [-0.3, -0.25) is 4.79 Å². The number of hydrogen-bond donors (Lipinski definition) is 0. The second kappa shape index (κ2) is 12.1. The first-order chi connectivity index (χ1) is 18.4. The fourth-order valence-electron chi connectivity index (χ4n) is 5.96. The molecule has 38 heavy (non-hydrogen) atoms. The molecule has 2 aromatic rings. The highest BCUT2D eigenvalue weighted by molar-refractivity contribution is 5.77. The number of rotatable bonds is 9. The molecule has 0 aliphatic carbocycles. The van der Waals surface area contributed by atoms with Crippen molar-refractivity contribution in [2.45, 2.75) is 32.9 Å². The minimum atomic E-state index is -0.101. The second-order valence-electron chi connectivity index (χ2n) is 11.1. The van der Waals surface area contributed by atoms with Crippen molar-refractivity contribution < 1.29 is 19.1 Å². The van der Waals surface area contributed by atoms with E-state index in [0.717, 1.165) is 93.6 Å². The van der Waals surface area contributed by atoms with Gasteiger partial charge in [-0.15, -0.1) is 5.06 Å². The quantitative estimate of drug-likeness (QED) is 0.499. The summed E-state index contributed by atoms with van der Waals surface area (Å²) >= 11 is 0. The summed E-state index contributed by atoms with van der Waals surface area (Å²) in [7, 11) is 3.86. The molecule has 2 saturated heterocycles. The highest BCUT2D eigenvalue weighted by Crippen LogP contribution is 2.33. The Kier molecular flexibility index (Phi) is 8.57. The number of nitrogens with zero attached hydrogens (tertiary/aromatic N) is 5. The molecule has 3 aliphatic rings. The van der Waals surface area contributed by atoms with Crippen molar-refractivity contribution in [2.24, 2.45) is 5.92 Å². The normalized spacial score (nSPS) is 23.0. The summed E-state index contributed by atoms with van der Waals surface area (Å²) < 4.78 is 13.7. The lowest BCUT2D eigenvalue weighted by Crippen LogP contribution is -2.46. The Morgan fingerprint density at radius 2 is 1.79 bits per heavy atom. The number of piperazine rings is 1. The van der Waals surface area contributed by atoms with Gasteiger partial charge in [-0.25, -0.2) is 0 Å². The Bertz CT molecular complexity index is 1070. The lowest BCUT2D eigenvalue weighted by molar-refractivity contribution is -0.145. The van der Waals surface area contributed by atoms with Gasteiger partial charge in [-0.05, 0) is 68.6 Å². The van der Waals surface area contributed by atoms with E-state index in [9.17, 15) is 4.79 Å². The zero-order chi connectivity index (χ0) is 26.6. The standard InChI is InChI=1S/C29H43N5O4/c1-22-16-25(36-4)17-23(2)29(22)38-34-15-14-32-8-5-6-26(32)27(34)20-37-21-28(35)33-9-7-24(19-33)18-31-12-10-30(3)11-13-31/h5-6,8,16-17,24,27H,7,9-15,18-21H2,1-4H3. The highest BCUT2D eigenvalue weighted by atomic mass is 16.7. The Morgan fingerprint density at radius 3 is 2.53 bits per heavy atom.